The molecule has 1 amide bonds. The van der Waals surface area contributed by atoms with Crippen LogP contribution in [-0.2, 0) is 4.79 Å². The predicted molar refractivity (Wildman–Crippen MR) is 127 cm³/mol. The minimum absolute atomic E-state index is 0.114. The second-order valence-electron chi connectivity index (χ2n) is 9.02. The van der Waals surface area contributed by atoms with Crippen molar-refractivity contribution in [2.75, 3.05) is 13.1 Å². The molecule has 0 bridgehead atoms. The molecule has 2 N–H and O–H groups in total. The van der Waals surface area contributed by atoms with E-state index in [0.29, 0.717) is 18.1 Å². The Bertz CT molecular complexity index is 1090. The topological polar surface area (TPSA) is 95.0 Å². The van der Waals surface area contributed by atoms with E-state index in [9.17, 15) is 9.90 Å². The van der Waals surface area contributed by atoms with Gasteiger partial charge in [0.05, 0.1) is 17.7 Å². The van der Waals surface area contributed by atoms with Crippen LogP contribution in [-0.4, -0.2) is 55.3 Å². The summed E-state index contributed by atoms with van der Waals surface area (Å²) in [6, 6.07) is 9.54. The third kappa shape index (κ3) is 4.52. The van der Waals surface area contributed by atoms with Crippen LogP contribution in [0.15, 0.2) is 42.9 Å². The number of amides is 1. The van der Waals surface area contributed by atoms with Gasteiger partial charge in [0.15, 0.2) is 0 Å². The minimum atomic E-state index is -0.497. The molecule has 8 heteroatoms. The van der Waals surface area contributed by atoms with Crippen LogP contribution >= 0.6 is 11.6 Å². The first-order chi connectivity index (χ1) is 16.1. The summed E-state index contributed by atoms with van der Waals surface area (Å²) in [6.45, 7) is 1.37. The van der Waals surface area contributed by atoms with E-state index in [4.69, 9.17) is 11.6 Å². The Balaban J connectivity index is 1.39. The highest BCUT2D eigenvalue weighted by Crippen LogP contribution is 2.39. The molecule has 172 valence electrons. The van der Waals surface area contributed by atoms with Gasteiger partial charge in [0, 0.05) is 47.0 Å². The van der Waals surface area contributed by atoms with Gasteiger partial charge in [-0.3, -0.25) is 9.89 Å². The molecular weight excluding hydrogens is 438 g/mol. The molecule has 2 atom stereocenters. The van der Waals surface area contributed by atoms with Crippen LogP contribution in [0.2, 0.25) is 5.02 Å². The minimum Gasteiger partial charge on any atom is -0.392 e. The van der Waals surface area contributed by atoms with Crippen molar-refractivity contribution in [3.63, 3.8) is 0 Å². The fourth-order valence-electron chi connectivity index (χ4n) is 5.19. The Morgan fingerprint density at radius 1 is 1.06 bits per heavy atom. The summed E-state index contributed by atoms with van der Waals surface area (Å²) in [4.78, 5) is 23.5. The van der Waals surface area contributed by atoms with E-state index in [0.717, 1.165) is 66.7 Å². The average Bonchev–Trinajstić information content (AvgIpc) is 3.30. The molecule has 3 aromatic rings. The van der Waals surface area contributed by atoms with Crippen molar-refractivity contribution in [3.05, 3.63) is 53.6 Å². The zero-order valence-electron chi connectivity index (χ0n) is 18.5. The molecule has 1 aliphatic carbocycles. The summed E-state index contributed by atoms with van der Waals surface area (Å²) < 4.78 is 0. The molecule has 2 unspecified atom stereocenters. The number of nitrogens with zero attached hydrogens (tertiary/aromatic N) is 4. The molecule has 2 fully saturated rings. The molecule has 0 radical (unpaired) electrons. The standard InChI is InChI=1S/C25H28ClN5O2/c26-18-7-5-16(6-8-18)23-22(20-9-12-27-15-28-20)24(30-29-23)17-10-13-31(14-11-17)25(33)19-3-1-2-4-21(19)32/h5-9,12,15,17,19,21,32H,1-4,10-11,13-14H2,(H,29,30). The Morgan fingerprint density at radius 2 is 1.82 bits per heavy atom. The predicted octanol–water partition coefficient (Wildman–Crippen LogP) is 4.44. The monoisotopic (exact) mass is 465 g/mol. The zero-order valence-corrected chi connectivity index (χ0v) is 19.2. The second kappa shape index (κ2) is 9.61. The summed E-state index contributed by atoms with van der Waals surface area (Å²) in [5.41, 5.74) is 4.65. The number of aliphatic hydroxyl groups is 1. The number of hydrogen-bond acceptors (Lipinski definition) is 5. The normalized spacial score (nSPS) is 21.8. The fourth-order valence-corrected chi connectivity index (χ4v) is 5.31. The van der Waals surface area contributed by atoms with Crippen molar-refractivity contribution in [1.82, 2.24) is 25.1 Å². The van der Waals surface area contributed by atoms with Crippen molar-refractivity contribution in [2.45, 2.75) is 50.5 Å². The summed E-state index contributed by atoms with van der Waals surface area (Å²) >= 11 is 6.09. The third-order valence-electron chi connectivity index (χ3n) is 7.01. The maximum absolute atomic E-state index is 13.0. The Morgan fingerprint density at radius 3 is 2.52 bits per heavy atom. The fraction of sp³-hybridized carbons (Fsp3) is 0.440. The van der Waals surface area contributed by atoms with E-state index in [2.05, 4.69) is 20.2 Å². The van der Waals surface area contributed by atoms with Crippen LogP contribution in [0.3, 0.4) is 0 Å². The molecule has 7 nitrogen and oxygen atoms in total. The number of hydrogen-bond donors (Lipinski definition) is 2. The van der Waals surface area contributed by atoms with Crippen LogP contribution in [0.25, 0.3) is 22.5 Å². The third-order valence-corrected chi connectivity index (χ3v) is 7.26. The number of aliphatic hydroxyl groups excluding tert-OH is 1. The lowest BCUT2D eigenvalue weighted by molar-refractivity contribution is -0.142. The number of piperidine rings is 1. The van der Waals surface area contributed by atoms with Gasteiger partial charge in [0.2, 0.25) is 5.91 Å². The van der Waals surface area contributed by atoms with Crippen LogP contribution in [0.5, 0.6) is 0 Å². The SMILES string of the molecule is O=C(C1CCCCC1O)N1CCC(c2[nH]nc(-c3ccc(Cl)cc3)c2-c2ccncn2)CC1. The van der Waals surface area contributed by atoms with E-state index in [1.807, 2.05) is 35.2 Å². The lowest BCUT2D eigenvalue weighted by atomic mass is 9.84. The highest BCUT2D eigenvalue weighted by molar-refractivity contribution is 6.30. The second-order valence-corrected chi connectivity index (χ2v) is 9.46. The number of aromatic nitrogens is 4. The van der Waals surface area contributed by atoms with Crippen LogP contribution in [0.1, 0.15) is 50.1 Å². The van der Waals surface area contributed by atoms with Gasteiger partial charge < -0.3 is 10.0 Å². The zero-order chi connectivity index (χ0) is 22.8. The average molecular weight is 466 g/mol. The maximum atomic E-state index is 13.0. The smallest absolute Gasteiger partial charge is 0.228 e. The van der Waals surface area contributed by atoms with E-state index in [-0.39, 0.29) is 17.7 Å². The molecule has 2 aliphatic rings. The van der Waals surface area contributed by atoms with Gasteiger partial charge in [-0.1, -0.05) is 36.6 Å². The maximum Gasteiger partial charge on any atom is 0.228 e. The van der Waals surface area contributed by atoms with Gasteiger partial charge in [0.25, 0.3) is 0 Å². The summed E-state index contributed by atoms with van der Waals surface area (Å²) in [7, 11) is 0. The Labute approximate surface area is 198 Å². The largest absolute Gasteiger partial charge is 0.392 e. The summed E-state index contributed by atoms with van der Waals surface area (Å²) in [5, 5.41) is 18.9. The molecule has 2 aromatic heterocycles. The number of H-pyrrole nitrogens is 1. The number of nitrogens with one attached hydrogen (secondary N) is 1. The number of rotatable bonds is 4. The lowest BCUT2D eigenvalue weighted by Gasteiger charge is -2.36. The number of halogens is 1. The lowest BCUT2D eigenvalue weighted by Crippen LogP contribution is -2.45. The van der Waals surface area contributed by atoms with Crippen molar-refractivity contribution >= 4 is 17.5 Å². The number of aromatic amines is 1. The van der Waals surface area contributed by atoms with E-state index < -0.39 is 6.10 Å². The molecule has 0 spiro atoms. The quantitative estimate of drug-likeness (QED) is 0.593. The number of likely N-dealkylation sites (tertiary alicyclic amines) is 1. The van der Waals surface area contributed by atoms with Crippen molar-refractivity contribution in [2.24, 2.45) is 5.92 Å². The van der Waals surface area contributed by atoms with E-state index in [1.165, 1.54) is 0 Å². The first kappa shape index (κ1) is 22.0. The Hall–Kier alpha value is -2.77. The highest BCUT2D eigenvalue weighted by Gasteiger charge is 2.35. The molecule has 1 saturated heterocycles. The molecule has 33 heavy (non-hydrogen) atoms. The van der Waals surface area contributed by atoms with Crippen LogP contribution in [0, 0.1) is 5.92 Å². The van der Waals surface area contributed by atoms with Crippen molar-refractivity contribution in [3.8, 4) is 22.5 Å². The highest BCUT2D eigenvalue weighted by atomic mass is 35.5. The molecular formula is C25H28ClN5O2. The first-order valence-electron chi connectivity index (χ1n) is 11.7. The number of carbonyl (C=O) groups excluding carboxylic acids is 1. The molecule has 3 heterocycles. The van der Waals surface area contributed by atoms with E-state index in [1.54, 1.807) is 12.5 Å². The first-order valence-corrected chi connectivity index (χ1v) is 12.1. The molecule has 5 rings (SSSR count). The van der Waals surface area contributed by atoms with Gasteiger partial charge in [-0.25, -0.2) is 9.97 Å². The van der Waals surface area contributed by atoms with Crippen LogP contribution < -0.4 is 0 Å². The molecule has 1 aliphatic heterocycles. The summed E-state index contributed by atoms with van der Waals surface area (Å²) in [5.74, 6) is 0.113. The van der Waals surface area contributed by atoms with Gasteiger partial charge in [0.1, 0.15) is 12.0 Å². The van der Waals surface area contributed by atoms with E-state index >= 15 is 0 Å². The van der Waals surface area contributed by atoms with Crippen molar-refractivity contribution in [1.29, 1.82) is 0 Å². The van der Waals surface area contributed by atoms with Gasteiger partial charge in [-0.05, 0) is 43.9 Å². The van der Waals surface area contributed by atoms with Gasteiger partial charge >= 0.3 is 0 Å². The number of carbonyl (C=O) groups is 1. The van der Waals surface area contributed by atoms with Crippen LogP contribution in [0.4, 0.5) is 0 Å². The molecule has 1 saturated carbocycles. The van der Waals surface area contributed by atoms with Gasteiger partial charge in [-0.2, -0.15) is 5.10 Å². The van der Waals surface area contributed by atoms with Gasteiger partial charge in [-0.15, -0.1) is 0 Å². The van der Waals surface area contributed by atoms with Crippen molar-refractivity contribution < 1.29 is 9.90 Å². The molecule has 1 aromatic carbocycles. The number of benzene rings is 1. The summed E-state index contributed by atoms with van der Waals surface area (Å²) in [6.07, 6.45) is 8.03. The Kier molecular flexibility index (Phi) is 6.42.